The van der Waals surface area contributed by atoms with Gasteiger partial charge >= 0.3 is 0 Å². The molecule has 0 spiro atoms. The number of thiocarbonyl (C=S) groups is 1. The van der Waals surface area contributed by atoms with Gasteiger partial charge in [-0.15, -0.1) is 0 Å². The molecular weight excluding hydrogens is 445 g/mol. The van der Waals surface area contributed by atoms with Crippen molar-refractivity contribution in [3.63, 3.8) is 0 Å². The van der Waals surface area contributed by atoms with Crippen molar-refractivity contribution < 1.29 is 14.8 Å². The predicted molar refractivity (Wildman–Crippen MR) is 114 cm³/mol. The number of non-ortho nitro benzene ring substituents is 1. The molecular formula is C17H9Cl2N3O4S2. The Bertz CT molecular complexity index is 1050. The number of phenolic OH excluding ortho intramolecular Hbond substituents is 1. The van der Waals surface area contributed by atoms with Crippen LogP contribution in [0.25, 0.3) is 6.08 Å². The van der Waals surface area contributed by atoms with Gasteiger partial charge in [0.15, 0.2) is 4.32 Å². The topological polar surface area (TPSA) is 96.0 Å². The molecule has 0 unspecified atom stereocenters. The van der Waals surface area contributed by atoms with Crippen molar-refractivity contribution in [1.82, 2.24) is 5.01 Å². The number of nitro groups is 1. The number of hydrogen-bond donors (Lipinski definition) is 1. The van der Waals surface area contributed by atoms with Gasteiger partial charge in [-0.2, -0.15) is 10.1 Å². The van der Waals surface area contributed by atoms with E-state index in [1.165, 1.54) is 12.1 Å². The molecule has 0 aromatic heterocycles. The second kappa shape index (κ2) is 8.27. The number of nitrogens with zero attached hydrogens (tertiary/aromatic N) is 3. The molecule has 1 aliphatic rings. The number of thioether (sulfide) groups is 1. The van der Waals surface area contributed by atoms with Crippen molar-refractivity contribution in [2.45, 2.75) is 0 Å². The number of nitro benzene ring substituents is 1. The van der Waals surface area contributed by atoms with Crippen molar-refractivity contribution >= 4 is 75.4 Å². The number of benzene rings is 2. The summed E-state index contributed by atoms with van der Waals surface area (Å²) in [5.41, 5.74) is 0.325. The van der Waals surface area contributed by atoms with Crippen LogP contribution in [0.15, 0.2) is 46.4 Å². The second-order valence-corrected chi connectivity index (χ2v) is 7.86. The zero-order valence-electron chi connectivity index (χ0n) is 13.7. The summed E-state index contributed by atoms with van der Waals surface area (Å²) in [6.45, 7) is 0. The highest BCUT2D eigenvalue weighted by Gasteiger charge is 2.32. The molecule has 1 N–H and O–H groups in total. The minimum atomic E-state index is -0.605. The largest absolute Gasteiger partial charge is 0.507 e. The molecule has 11 heteroatoms. The molecule has 1 aliphatic heterocycles. The second-order valence-electron chi connectivity index (χ2n) is 5.37. The number of aromatic hydroxyl groups is 1. The standard InChI is InChI=1S/C17H9Cl2N3O4S2/c18-12-2-1-3-13(19)11(12)7-15-16(24)21(17(27)28-15)20-8-9-6-10(22(25)26)4-5-14(9)23/h1-8,23H/b15-7+,20-8+. The number of hydrogen-bond acceptors (Lipinski definition) is 7. The fourth-order valence-corrected chi connectivity index (χ4v) is 3.88. The van der Waals surface area contributed by atoms with E-state index in [1.807, 2.05) is 0 Å². The van der Waals surface area contributed by atoms with E-state index in [0.29, 0.717) is 15.6 Å². The Labute approximate surface area is 178 Å². The first kappa shape index (κ1) is 20.3. The first-order valence-corrected chi connectivity index (χ1v) is 9.49. The molecule has 0 saturated carbocycles. The summed E-state index contributed by atoms with van der Waals surface area (Å²) in [5.74, 6) is -0.731. The quantitative estimate of drug-likeness (QED) is 0.234. The Kier molecular flexibility index (Phi) is 5.99. The zero-order valence-corrected chi connectivity index (χ0v) is 16.8. The molecule has 3 rings (SSSR count). The van der Waals surface area contributed by atoms with Crippen LogP contribution in [0.4, 0.5) is 5.69 Å². The van der Waals surface area contributed by atoms with Crippen LogP contribution in [-0.2, 0) is 4.79 Å². The molecule has 142 valence electrons. The van der Waals surface area contributed by atoms with Crippen LogP contribution in [-0.4, -0.2) is 31.5 Å². The minimum absolute atomic E-state index is 0.0707. The van der Waals surface area contributed by atoms with E-state index >= 15 is 0 Å². The molecule has 0 atom stereocenters. The van der Waals surface area contributed by atoms with E-state index in [2.05, 4.69) is 5.10 Å². The lowest BCUT2D eigenvalue weighted by Gasteiger charge is -2.07. The summed E-state index contributed by atoms with van der Waals surface area (Å²) >= 11 is 18.4. The van der Waals surface area contributed by atoms with Crippen molar-refractivity contribution in [2.75, 3.05) is 0 Å². The number of carbonyl (C=O) groups excluding carboxylic acids is 1. The molecule has 2 aromatic rings. The Morgan fingerprint density at radius 2 is 1.93 bits per heavy atom. The summed E-state index contributed by atoms with van der Waals surface area (Å²) in [6.07, 6.45) is 2.64. The van der Waals surface area contributed by atoms with Gasteiger partial charge in [0.05, 0.1) is 16.0 Å². The summed E-state index contributed by atoms with van der Waals surface area (Å²) < 4.78 is 0.153. The molecule has 0 radical (unpaired) electrons. The lowest BCUT2D eigenvalue weighted by molar-refractivity contribution is -0.384. The number of phenols is 1. The molecule has 1 heterocycles. The van der Waals surface area contributed by atoms with E-state index in [0.717, 1.165) is 35.1 Å². The third-order valence-electron chi connectivity index (χ3n) is 3.58. The molecule has 7 nitrogen and oxygen atoms in total. The number of amides is 1. The highest BCUT2D eigenvalue weighted by Crippen LogP contribution is 2.36. The van der Waals surface area contributed by atoms with Crippen LogP contribution in [0, 0.1) is 10.1 Å². The van der Waals surface area contributed by atoms with Gasteiger partial charge in [0.2, 0.25) is 0 Å². The van der Waals surface area contributed by atoms with Crippen LogP contribution < -0.4 is 0 Å². The number of halogens is 2. The Morgan fingerprint density at radius 3 is 2.57 bits per heavy atom. The van der Waals surface area contributed by atoms with Crippen molar-refractivity contribution in [3.8, 4) is 5.75 Å². The van der Waals surface area contributed by atoms with Gasteiger partial charge in [-0.05, 0) is 36.5 Å². The maximum Gasteiger partial charge on any atom is 0.286 e. The fourth-order valence-electron chi connectivity index (χ4n) is 2.22. The van der Waals surface area contributed by atoms with E-state index in [1.54, 1.807) is 18.2 Å². The van der Waals surface area contributed by atoms with Crippen LogP contribution in [0.2, 0.25) is 10.0 Å². The SMILES string of the molecule is O=C1/C(=C\c2c(Cl)cccc2Cl)SC(=S)N1/N=C/c1cc([N+](=O)[O-])ccc1O. The minimum Gasteiger partial charge on any atom is -0.507 e. The highest BCUT2D eigenvalue weighted by atomic mass is 35.5. The summed E-state index contributed by atoms with van der Waals surface area (Å²) in [5, 5.41) is 26.4. The van der Waals surface area contributed by atoms with Gasteiger partial charge < -0.3 is 5.11 Å². The van der Waals surface area contributed by atoms with Crippen molar-refractivity contribution in [3.05, 3.63) is 72.6 Å². The fraction of sp³-hybridized carbons (Fsp3) is 0. The average Bonchev–Trinajstić information content (AvgIpc) is 2.90. The number of carbonyl (C=O) groups is 1. The monoisotopic (exact) mass is 453 g/mol. The molecule has 0 aliphatic carbocycles. The van der Waals surface area contributed by atoms with Gasteiger partial charge in [0.1, 0.15) is 5.75 Å². The normalized spacial score (nSPS) is 15.8. The molecule has 1 saturated heterocycles. The number of rotatable bonds is 4. The maximum atomic E-state index is 12.6. The van der Waals surface area contributed by atoms with Gasteiger partial charge in [-0.1, -0.05) is 41.0 Å². The smallest absolute Gasteiger partial charge is 0.286 e. The summed E-state index contributed by atoms with van der Waals surface area (Å²) in [7, 11) is 0. The van der Waals surface area contributed by atoms with Gasteiger partial charge in [-0.3, -0.25) is 14.9 Å². The lowest BCUT2D eigenvalue weighted by atomic mass is 10.2. The molecule has 2 aromatic carbocycles. The van der Waals surface area contributed by atoms with E-state index in [4.69, 9.17) is 35.4 Å². The van der Waals surface area contributed by atoms with Crippen molar-refractivity contribution in [2.24, 2.45) is 5.10 Å². The van der Waals surface area contributed by atoms with E-state index in [9.17, 15) is 20.0 Å². The third kappa shape index (κ3) is 4.17. The summed E-state index contributed by atoms with van der Waals surface area (Å²) in [6, 6.07) is 8.43. The van der Waals surface area contributed by atoms with Crippen LogP contribution in [0.1, 0.15) is 11.1 Å². The average molecular weight is 454 g/mol. The Morgan fingerprint density at radius 1 is 1.25 bits per heavy atom. The Balaban J connectivity index is 1.89. The van der Waals surface area contributed by atoms with Crippen LogP contribution >= 0.6 is 47.2 Å². The number of hydrazone groups is 1. The predicted octanol–water partition coefficient (Wildman–Crippen LogP) is 4.84. The first-order valence-electron chi connectivity index (χ1n) is 7.51. The summed E-state index contributed by atoms with van der Waals surface area (Å²) in [4.78, 5) is 23.1. The van der Waals surface area contributed by atoms with Crippen LogP contribution in [0.5, 0.6) is 5.75 Å². The van der Waals surface area contributed by atoms with Gasteiger partial charge in [0.25, 0.3) is 11.6 Å². The van der Waals surface area contributed by atoms with E-state index in [-0.39, 0.29) is 26.2 Å². The molecule has 28 heavy (non-hydrogen) atoms. The van der Waals surface area contributed by atoms with Crippen molar-refractivity contribution in [1.29, 1.82) is 0 Å². The molecule has 0 bridgehead atoms. The molecule has 1 amide bonds. The lowest BCUT2D eigenvalue weighted by Crippen LogP contribution is -2.22. The first-order chi connectivity index (χ1) is 13.3. The van der Waals surface area contributed by atoms with Gasteiger partial charge in [0, 0.05) is 33.3 Å². The Hall–Kier alpha value is -2.46. The maximum absolute atomic E-state index is 12.6. The molecule has 1 fully saturated rings. The zero-order chi connectivity index (χ0) is 20.4. The third-order valence-corrected chi connectivity index (χ3v) is 5.52. The van der Waals surface area contributed by atoms with Gasteiger partial charge in [-0.25, -0.2) is 0 Å². The van der Waals surface area contributed by atoms with Crippen LogP contribution in [0.3, 0.4) is 0 Å². The van der Waals surface area contributed by atoms with E-state index < -0.39 is 10.8 Å². The highest BCUT2D eigenvalue weighted by molar-refractivity contribution is 8.26.